The fourth-order valence-electron chi connectivity index (χ4n) is 5.87. The Morgan fingerprint density at radius 1 is 0.868 bits per heavy atom. The van der Waals surface area contributed by atoms with Crippen molar-refractivity contribution < 1.29 is 14.3 Å². The van der Waals surface area contributed by atoms with Crippen molar-refractivity contribution >= 4 is 56.0 Å². The highest BCUT2D eigenvalue weighted by atomic mass is 32.1. The molecule has 286 valence electrons. The van der Waals surface area contributed by atoms with Crippen LogP contribution in [0.1, 0.15) is 128 Å². The molecule has 3 rings (SSSR count). The monoisotopic (exact) mass is 741 g/mol. The minimum atomic E-state index is -0.380. The van der Waals surface area contributed by atoms with Gasteiger partial charge in [-0.1, -0.05) is 98.3 Å². The number of azo groups is 2. The van der Waals surface area contributed by atoms with Crippen molar-refractivity contribution in [3.8, 4) is 6.07 Å². The molecular formula is C42H59N7O3S. The molecule has 0 fully saturated rings. The minimum absolute atomic E-state index is 0.109. The lowest BCUT2D eigenvalue weighted by atomic mass is 9.95. The Hall–Kier alpha value is -4.43. The van der Waals surface area contributed by atoms with Crippen molar-refractivity contribution in [3.63, 3.8) is 0 Å². The number of esters is 1. The van der Waals surface area contributed by atoms with Crippen LogP contribution < -0.4 is 10.2 Å². The van der Waals surface area contributed by atoms with Gasteiger partial charge < -0.3 is 15.0 Å². The van der Waals surface area contributed by atoms with Crippen molar-refractivity contribution in [1.29, 1.82) is 5.26 Å². The summed E-state index contributed by atoms with van der Waals surface area (Å²) in [5, 5.41) is 31.8. The van der Waals surface area contributed by atoms with E-state index in [0.717, 1.165) is 31.6 Å². The number of amides is 1. The van der Waals surface area contributed by atoms with Gasteiger partial charge in [0.2, 0.25) is 5.91 Å². The van der Waals surface area contributed by atoms with Gasteiger partial charge in [-0.2, -0.15) is 5.26 Å². The largest absolute Gasteiger partial charge is 0.462 e. The molecule has 2 unspecified atom stereocenters. The van der Waals surface area contributed by atoms with Gasteiger partial charge >= 0.3 is 5.97 Å². The molecule has 2 aromatic carbocycles. The van der Waals surface area contributed by atoms with Crippen molar-refractivity contribution in [2.75, 3.05) is 29.9 Å². The maximum absolute atomic E-state index is 12.7. The molecule has 1 aromatic heterocycles. The van der Waals surface area contributed by atoms with Crippen LogP contribution in [0.5, 0.6) is 0 Å². The molecule has 0 saturated carbocycles. The lowest BCUT2D eigenvalue weighted by molar-refractivity contribution is -0.115. The highest BCUT2D eigenvalue weighted by molar-refractivity contribution is 7.19. The zero-order chi connectivity index (χ0) is 38.8. The van der Waals surface area contributed by atoms with Gasteiger partial charge in [0.15, 0.2) is 5.00 Å². The van der Waals surface area contributed by atoms with E-state index in [0.29, 0.717) is 68.6 Å². The summed E-state index contributed by atoms with van der Waals surface area (Å²) < 4.78 is 5.30. The van der Waals surface area contributed by atoms with Crippen molar-refractivity contribution in [1.82, 2.24) is 0 Å². The Bertz CT molecular complexity index is 1690. The van der Waals surface area contributed by atoms with E-state index in [2.05, 4.69) is 70.5 Å². The molecule has 0 spiro atoms. The fourth-order valence-corrected chi connectivity index (χ4v) is 6.77. The Balaban J connectivity index is 1.93. The number of benzene rings is 2. The van der Waals surface area contributed by atoms with E-state index < -0.39 is 0 Å². The number of hydrogen-bond donors (Lipinski definition) is 1. The number of hydrogen-bond acceptors (Lipinski definition) is 10. The number of carbonyl (C=O) groups is 2. The van der Waals surface area contributed by atoms with Gasteiger partial charge in [0.05, 0.1) is 29.1 Å². The van der Waals surface area contributed by atoms with Gasteiger partial charge in [-0.25, -0.2) is 4.79 Å². The van der Waals surface area contributed by atoms with Crippen LogP contribution in [0.2, 0.25) is 0 Å². The molecule has 1 N–H and O–H groups in total. The van der Waals surface area contributed by atoms with Gasteiger partial charge in [0.1, 0.15) is 16.8 Å². The summed E-state index contributed by atoms with van der Waals surface area (Å²) in [6.45, 7) is 18.9. The van der Waals surface area contributed by atoms with Crippen LogP contribution >= 0.6 is 11.3 Å². The van der Waals surface area contributed by atoms with Gasteiger partial charge in [-0.05, 0) is 80.0 Å². The average molecular weight is 742 g/mol. The molecular weight excluding hydrogens is 683 g/mol. The average Bonchev–Trinajstić information content (AvgIpc) is 3.48. The maximum atomic E-state index is 12.7. The second kappa shape index (κ2) is 22.6. The summed E-state index contributed by atoms with van der Waals surface area (Å²) in [4.78, 5) is 27.5. The second-order valence-electron chi connectivity index (χ2n) is 14.1. The molecule has 0 aliphatic rings. The number of thiophene rings is 1. The SMILES string of the molecule is CCCCC(CC)CN(CC(CC)CCCC)c1ccc(N=Nc2sc(N=Nc3ccc(C(=O)OCC(C)C)cc3)c(C)c2C#N)c(NC(=O)CC)c1. The Morgan fingerprint density at radius 2 is 1.49 bits per heavy atom. The molecule has 3 aromatic rings. The molecule has 1 amide bonds. The molecule has 10 nitrogen and oxygen atoms in total. The van der Waals surface area contributed by atoms with Gasteiger partial charge in [-0.3, -0.25) is 4.79 Å². The van der Waals surface area contributed by atoms with Crippen LogP contribution in [0.3, 0.4) is 0 Å². The fraction of sp³-hybridized carbons (Fsp3) is 0.548. The highest BCUT2D eigenvalue weighted by Crippen LogP contribution is 2.43. The molecule has 53 heavy (non-hydrogen) atoms. The predicted molar refractivity (Wildman–Crippen MR) is 218 cm³/mol. The molecule has 0 aliphatic carbocycles. The predicted octanol–water partition coefficient (Wildman–Crippen LogP) is 13.2. The highest BCUT2D eigenvalue weighted by Gasteiger charge is 2.20. The summed E-state index contributed by atoms with van der Waals surface area (Å²) in [5.41, 5.74) is 4.18. The first kappa shape index (κ1) is 43.0. The molecule has 0 saturated heterocycles. The quantitative estimate of drug-likeness (QED) is 0.0808. The van der Waals surface area contributed by atoms with E-state index in [9.17, 15) is 14.9 Å². The Labute approximate surface area is 321 Å². The van der Waals surface area contributed by atoms with Crippen LogP contribution in [-0.2, 0) is 9.53 Å². The number of anilines is 2. The third kappa shape index (κ3) is 13.5. The van der Waals surface area contributed by atoms with Crippen molar-refractivity contribution in [3.05, 3.63) is 59.2 Å². The van der Waals surface area contributed by atoms with Crippen LogP contribution in [0, 0.1) is 36.0 Å². The standard InChI is InChI=1S/C42H59N7O3S/c1-9-14-16-31(11-3)26-49(27-32(12-4)17-15-10-2)35-22-23-37(38(24-35)44-39(50)13-5)46-48-41-36(25-43)30(8)40(53-41)47-45-34-20-18-33(19-21-34)42(51)52-28-29(6)7/h18-24,29,31-32H,9-17,26-28H2,1-8H3,(H,44,50). The van der Waals surface area contributed by atoms with Crippen molar-refractivity contribution in [2.45, 2.75) is 113 Å². The van der Waals surface area contributed by atoms with E-state index in [1.807, 2.05) is 32.9 Å². The summed E-state index contributed by atoms with van der Waals surface area (Å²) >= 11 is 1.22. The molecule has 1 heterocycles. The molecule has 11 heteroatoms. The van der Waals surface area contributed by atoms with Gasteiger partial charge in [0, 0.05) is 30.8 Å². The Morgan fingerprint density at radius 3 is 2.04 bits per heavy atom. The van der Waals surface area contributed by atoms with Crippen LogP contribution in [-0.4, -0.2) is 31.6 Å². The smallest absolute Gasteiger partial charge is 0.338 e. The zero-order valence-corrected chi connectivity index (χ0v) is 33.9. The van der Waals surface area contributed by atoms with Crippen molar-refractivity contribution in [2.24, 2.45) is 38.2 Å². The van der Waals surface area contributed by atoms with Gasteiger partial charge in [0.25, 0.3) is 0 Å². The number of rotatable bonds is 22. The first-order valence-electron chi connectivity index (χ1n) is 19.4. The zero-order valence-electron chi connectivity index (χ0n) is 33.1. The molecule has 0 bridgehead atoms. The van der Waals surface area contributed by atoms with E-state index >= 15 is 0 Å². The normalized spacial score (nSPS) is 12.7. The second-order valence-corrected chi connectivity index (χ2v) is 15.1. The number of nitrogens with zero attached hydrogens (tertiary/aromatic N) is 6. The minimum Gasteiger partial charge on any atom is -0.462 e. The maximum Gasteiger partial charge on any atom is 0.338 e. The van der Waals surface area contributed by atoms with E-state index in [4.69, 9.17) is 4.74 Å². The lowest BCUT2D eigenvalue weighted by Crippen LogP contribution is -2.34. The van der Waals surface area contributed by atoms with Gasteiger partial charge in [-0.15, -0.1) is 20.5 Å². The number of nitriles is 1. The van der Waals surface area contributed by atoms with E-state index in [1.165, 1.54) is 49.9 Å². The summed E-state index contributed by atoms with van der Waals surface area (Å²) in [5.74, 6) is 0.933. The summed E-state index contributed by atoms with van der Waals surface area (Å²) in [7, 11) is 0. The lowest BCUT2D eigenvalue weighted by Gasteiger charge is -2.33. The van der Waals surface area contributed by atoms with Crippen LogP contribution in [0.15, 0.2) is 62.9 Å². The third-order valence-corrected chi connectivity index (χ3v) is 10.4. The van der Waals surface area contributed by atoms with Crippen LogP contribution in [0.25, 0.3) is 0 Å². The van der Waals surface area contributed by atoms with E-state index in [-0.39, 0.29) is 17.8 Å². The number of unbranched alkanes of at least 4 members (excludes halogenated alkanes) is 2. The molecule has 0 radical (unpaired) electrons. The first-order valence-corrected chi connectivity index (χ1v) is 20.2. The number of carbonyl (C=O) groups excluding carboxylic acids is 2. The van der Waals surface area contributed by atoms with E-state index in [1.54, 1.807) is 31.2 Å². The summed E-state index contributed by atoms with van der Waals surface area (Å²) in [6.07, 6.45) is 9.78. The topological polar surface area (TPSA) is 132 Å². The Kier molecular flexibility index (Phi) is 18.3. The number of ether oxygens (including phenoxy) is 1. The summed E-state index contributed by atoms with van der Waals surface area (Å²) in [6, 6.07) is 15.0. The first-order chi connectivity index (χ1) is 25.6. The number of nitrogens with one attached hydrogen (secondary N) is 1. The molecule has 2 atom stereocenters. The third-order valence-electron chi connectivity index (χ3n) is 9.35. The molecule has 0 aliphatic heterocycles. The van der Waals surface area contributed by atoms with Crippen LogP contribution in [0.4, 0.5) is 32.8 Å².